The van der Waals surface area contributed by atoms with E-state index in [9.17, 15) is 0 Å². The third kappa shape index (κ3) is 15.8. The van der Waals surface area contributed by atoms with E-state index in [4.69, 9.17) is 0 Å². The quantitative estimate of drug-likeness (QED) is 0.0925. The highest BCUT2D eigenvalue weighted by atomic mass is 15.1. The Morgan fingerprint density at radius 1 is 0.138 bits per heavy atom. The average molecular weight is 1760 g/mol. The van der Waals surface area contributed by atoms with Gasteiger partial charge in [0, 0.05) is 17.1 Å². The normalized spacial score (nSPS) is 11.5. The lowest BCUT2D eigenvalue weighted by atomic mass is 9.82. The summed E-state index contributed by atoms with van der Waals surface area (Å²) >= 11 is 0. The average Bonchev–Trinajstić information content (AvgIpc) is 0.729. The van der Waals surface area contributed by atoms with E-state index in [2.05, 4.69) is 534 Å². The van der Waals surface area contributed by atoms with Crippen molar-refractivity contribution in [3.63, 3.8) is 0 Å². The molecular formula is C137H97N. The summed E-state index contributed by atoms with van der Waals surface area (Å²) in [7, 11) is 0. The maximum atomic E-state index is 2.37. The fraction of sp³-hybridized carbons (Fsp3) is 0.0365. The van der Waals surface area contributed by atoms with Gasteiger partial charge in [-0.25, -0.2) is 0 Å². The molecule has 0 saturated heterocycles. The van der Waals surface area contributed by atoms with Crippen LogP contribution in [0.1, 0.15) is 44.5 Å². The number of hydrogen-bond acceptors (Lipinski definition) is 1. The predicted molar refractivity (Wildman–Crippen MR) is 594 cm³/mol. The Balaban J connectivity index is 0.000000114. The van der Waals surface area contributed by atoms with Gasteiger partial charge in [0.2, 0.25) is 0 Å². The van der Waals surface area contributed by atoms with Crippen LogP contribution in [0.4, 0.5) is 17.1 Å². The lowest BCUT2D eigenvalue weighted by Crippen LogP contribution is -2.09. The van der Waals surface area contributed by atoms with E-state index in [0.29, 0.717) is 0 Å². The van der Waals surface area contributed by atoms with Gasteiger partial charge in [0.05, 0.1) is 0 Å². The Morgan fingerprint density at radius 2 is 0.341 bits per heavy atom. The van der Waals surface area contributed by atoms with E-state index in [-0.39, 0.29) is 0 Å². The number of nitrogens with zero attached hydrogens (tertiary/aromatic N) is 1. The molecule has 0 atom stereocenters. The van der Waals surface area contributed by atoms with Crippen LogP contribution in [0.15, 0.2) is 516 Å². The number of aryl methyl sites for hydroxylation is 2. The van der Waals surface area contributed by atoms with Gasteiger partial charge in [-0.1, -0.05) is 454 Å². The molecule has 0 heterocycles. The Kier molecular flexibility index (Phi) is 22.2. The zero-order valence-electron chi connectivity index (χ0n) is 77.1. The zero-order chi connectivity index (χ0) is 91.9. The van der Waals surface area contributed by atoms with E-state index in [1.54, 1.807) is 0 Å². The molecule has 0 amide bonds. The summed E-state index contributed by atoms with van der Waals surface area (Å²) in [6.45, 7) is 4.32. The van der Waals surface area contributed by atoms with Crippen molar-refractivity contribution in [3.05, 3.63) is 560 Å². The van der Waals surface area contributed by atoms with E-state index in [1.165, 1.54) is 241 Å². The summed E-state index contributed by atoms with van der Waals surface area (Å²) in [6, 6.07) is 189. The van der Waals surface area contributed by atoms with E-state index >= 15 is 0 Å². The molecule has 0 spiro atoms. The van der Waals surface area contributed by atoms with Crippen molar-refractivity contribution in [2.45, 2.75) is 33.1 Å². The van der Waals surface area contributed by atoms with Crippen molar-refractivity contribution in [2.75, 3.05) is 4.90 Å². The second kappa shape index (κ2) is 36.6. The topological polar surface area (TPSA) is 3.24 Å². The monoisotopic (exact) mass is 1760 g/mol. The highest BCUT2D eigenvalue weighted by Gasteiger charge is 2.26. The summed E-state index contributed by atoms with van der Waals surface area (Å²) in [5.41, 5.74) is 29.3. The molecule has 0 aliphatic heterocycles. The lowest BCUT2D eigenvalue weighted by Gasteiger charge is -2.26. The second-order valence-corrected chi connectivity index (χ2v) is 36.8. The SMILES string of the molecule is Cc1ccc(-c2c3ccccc3c(-c3ccc(C)cc3)c3c(Cc4cccc5cc6ccccc6cc45)cccc23)cc1.c1ccc(-c2c3ccccc3c(-c3ccc(N(c4ccccc4)c4ccccc4)cc3)c3cccc(Cc4cccc5cc6ccccc6cc45)c23)cc1.c1ccc(-c2c3ccccc3c(-c3ccccc3)c3c(Cc4cccc5cc6ccccc6cc45)cccc23)cc1. The van der Waals surface area contributed by atoms with E-state index in [0.717, 1.165) is 36.3 Å². The fourth-order valence-corrected chi connectivity index (χ4v) is 22.0. The van der Waals surface area contributed by atoms with E-state index < -0.39 is 0 Å². The zero-order valence-corrected chi connectivity index (χ0v) is 77.1. The molecule has 0 bridgehead atoms. The summed E-state index contributed by atoms with van der Waals surface area (Å²) in [5, 5.41) is 31.1. The molecule has 0 unspecified atom stereocenters. The van der Waals surface area contributed by atoms with Crippen LogP contribution in [-0.2, 0) is 19.3 Å². The Morgan fingerprint density at radius 3 is 0.645 bits per heavy atom. The maximum absolute atomic E-state index is 2.37. The van der Waals surface area contributed by atoms with Crippen LogP contribution in [-0.4, -0.2) is 0 Å². The lowest BCUT2D eigenvalue weighted by molar-refractivity contribution is 1.24. The number of rotatable bonds is 15. The first-order valence-corrected chi connectivity index (χ1v) is 48.2. The standard InChI is InChI=1S/C53H37N.C43H32.C41H28/c1-4-16-37(17-5-1)52-48-28-13-12-27-47(48)51(38-30-32-46(33-31-38)54(44-23-6-2-7-24-44)45-25-8-3-9-26-45)49-29-15-22-43(53(49)52)35-42-21-14-20-41-34-39-18-10-11-19-40(39)36-50(41)42;1-28-17-21-30(22-18-28)41-37-14-5-6-15-38(37)42(31-23-19-29(2)20-24-31)43-36(13-8-16-39(41)43)26-35-12-7-11-34-25-32-9-3-4-10-33(32)27-40(34)35;1-3-13-28(14-4-1)39-35-22-9-10-23-36(35)40(29-15-5-2-6-16-29)41-34(21-12-24-37(39)41)26-33-20-11-19-32-25-30-17-7-8-18-31(30)27-38(32)33/h1-34,36H,35H2;3-25,27H,26H2,1-2H3;1-25,27H,26H2. The van der Waals surface area contributed by atoms with Crippen LogP contribution in [0.5, 0.6) is 0 Å². The van der Waals surface area contributed by atoms with Gasteiger partial charge in [0.15, 0.2) is 0 Å². The van der Waals surface area contributed by atoms with Gasteiger partial charge in [-0.05, 0) is 335 Å². The second-order valence-electron chi connectivity index (χ2n) is 36.8. The Labute approximate surface area is 805 Å². The highest BCUT2D eigenvalue weighted by molar-refractivity contribution is 6.26. The van der Waals surface area contributed by atoms with Gasteiger partial charge < -0.3 is 4.90 Å². The number of fused-ring (bicyclic) bond motifs is 12. The van der Waals surface area contributed by atoms with Crippen molar-refractivity contribution in [3.8, 4) is 66.8 Å². The van der Waals surface area contributed by atoms with E-state index in [1.807, 2.05) is 0 Å². The van der Waals surface area contributed by atoms with Gasteiger partial charge in [0.25, 0.3) is 0 Å². The van der Waals surface area contributed by atoms with Crippen molar-refractivity contribution in [2.24, 2.45) is 0 Å². The third-order valence-electron chi connectivity index (χ3n) is 28.4. The molecule has 1 nitrogen and oxygen atoms in total. The molecule has 0 radical (unpaired) electrons. The van der Waals surface area contributed by atoms with Gasteiger partial charge in [0.1, 0.15) is 0 Å². The highest BCUT2D eigenvalue weighted by Crippen LogP contribution is 2.51. The van der Waals surface area contributed by atoms with Crippen LogP contribution >= 0.6 is 0 Å². The van der Waals surface area contributed by atoms with Crippen molar-refractivity contribution < 1.29 is 0 Å². The minimum Gasteiger partial charge on any atom is -0.311 e. The minimum absolute atomic E-state index is 0.826. The molecule has 1 heteroatoms. The largest absolute Gasteiger partial charge is 0.311 e. The molecule has 26 aromatic rings. The predicted octanol–water partition coefficient (Wildman–Crippen LogP) is 37.8. The van der Waals surface area contributed by atoms with Gasteiger partial charge >= 0.3 is 0 Å². The Bertz CT molecular complexity index is 9090. The van der Waals surface area contributed by atoms with Gasteiger partial charge in [-0.3, -0.25) is 0 Å². The molecule has 0 fully saturated rings. The fourth-order valence-electron chi connectivity index (χ4n) is 22.0. The van der Waals surface area contributed by atoms with Crippen LogP contribution < -0.4 is 4.90 Å². The van der Waals surface area contributed by atoms with Crippen molar-refractivity contribution in [1.82, 2.24) is 0 Å². The molecule has 26 rings (SSSR count). The molecular weight excluding hydrogens is 1660 g/mol. The summed E-state index contributed by atoms with van der Waals surface area (Å²) < 4.78 is 0. The molecule has 650 valence electrons. The van der Waals surface area contributed by atoms with Gasteiger partial charge in [-0.15, -0.1) is 0 Å². The molecule has 0 saturated carbocycles. The minimum atomic E-state index is 0.826. The van der Waals surface area contributed by atoms with Crippen LogP contribution in [0.2, 0.25) is 0 Å². The van der Waals surface area contributed by atoms with Crippen LogP contribution in [0, 0.1) is 13.8 Å². The Hall–Kier alpha value is -17.4. The maximum Gasteiger partial charge on any atom is 0.0462 e. The molecule has 26 aromatic carbocycles. The summed E-state index contributed by atoms with van der Waals surface area (Å²) in [5.74, 6) is 0. The first kappa shape index (κ1) is 83.7. The van der Waals surface area contributed by atoms with Crippen LogP contribution in [0.25, 0.3) is 196 Å². The number of para-hydroxylation sites is 2. The first-order valence-electron chi connectivity index (χ1n) is 48.2. The number of anilines is 3. The number of hydrogen-bond donors (Lipinski definition) is 0. The molecule has 0 aliphatic rings. The third-order valence-corrected chi connectivity index (χ3v) is 28.4. The van der Waals surface area contributed by atoms with Crippen LogP contribution in [0.3, 0.4) is 0 Å². The first-order chi connectivity index (χ1) is 68.3. The smallest absolute Gasteiger partial charge is 0.0462 e. The molecule has 0 aromatic heterocycles. The summed E-state index contributed by atoms with van der Waals surface area (Å²) in [4.78, 5) is 2.32. The summed E-state index contributed by atoms with van der Waals surface area (Å²) in [6.07, 6.45) is 2.55. The van der Waals surface area contributed by atoms with Crippen molar-refractivity contribution in [1.29, 1.82) is 0 Å². The van der Waals surface area contributed by atoms with Crippen molar-refractivity contribution >= 4 is 146 Å². The molecule has 0 N–H and O–H groups in total. The number of benzene rings is 26. The molecule has 0 aliphatic carbocycles. The molecule has 138 heavy (non-hydrogen) atoms. The van der Waals surface area contributed by atoms with Gasteiger partial charge in [-0.2, -0.15) is 0 Å².